The molecule has 0 bridgehead atoms. The maximum absolute atomic E-state index is 14.4. The molecule has 5 nitrogen and oxygen atoms in total. The van der Waals surface area contributed by atoms with E-state index in [-0.39, 0.29) is 18.3 Å². The van der Waals surface area contributed by atoms with E-state index in [2.05, 4.69) is 10.3 Å². The van der Waals surface area contributed by atoms with Crippen molar-refractivity contribution in [2.45, 2.75) is 23.9 Å². The summed E-state index contributed by atoms with van der Waals surface area (Å²) in [5, 5.41) is 2.50. The monoisotopic (exact) mass is 431 g/mol. The van der Waals surface area contributed by atoms with Gasteiger partial charge in [0.05, 0.1) is 11.4 Å². The van der Waals surface area contributed by atoms with Crippen molar-refractivity contribution < 1.29 is 30.4 Å². The largest absolute Gasteiger partial charge is 0.501 e. The lowest BCUT2D eigenvalue weighted by molar-refractivity contribution is -0.0435. The summed E-state index contributed by atoms with van der Waals surface area (Å²) < 4.78 is 91.3. The van der Waals surface area contributed by atoms with Crippen LogP contribution in [0.5, 0.6) is 0 Å². The van der Waals surface area contributed by atoms with Gasteiger partial charge in [0.25, 0.3) is 9.84 Å². The van der Waals surface area contributed by atoms with E-state index in [0.29, 0.717) is 11.4 Å². The van der Waals surface area contributed by atoms with Crippen LogP contribution in [-0.4, -0.2) is 23.5 Å². The highest BCUT2D eigenvalue weighted by atomic mass is 32.2. The van der Waals surface area contributed by atoms with Crippen LogP contribution in [-0.2, 0) is 16.4 Å². The first-order valence-corrected chi connectivity index (χ1v) is 9.62. The first-order valence-electron chi connectivity index (χ1n) is 8.14. The lowest BCUT2D eigenvalue weighted by Crippen LogP contribution is -2.24. The number of hydrogen-bond donors (Lipinski definition) is 1. The molecule has 0 saturated heterocycles. The minimum atomic E-state index is -5.77. The van der Waals surface area contributed by atoms with Gasteiger partial charge in [0.2, 0.25) is 0 Å². The number of alkyl halides is 3. The van der Waals surface area contributed by atoms with Gasteiger partial charge < -0.3 is 9.88 Å². The normalized spacial score (nSPS) is 12.2. The van der Waals surface area contributed by atoms with Gasteiger partial charge in [-0.1, -0.05) is 6.07 Å². The predicted octanol–water partition coefficient (Wildman–Crippen LogP) is 4.36. The standard InChI is InChI=1S/C18H14F5N3O2S/c1-11-24-6-7-26(11)16-5-2-12(8-14(16)20)10-25-15-4-3-13(19)9-17(15)29(27,28)18(21,22)23/h2-9,25H,10H2,1H3. The molecule has 0 amide bonds. The Morgan fingerprint density at radius 3 is 2.41 bits per heavy atom. The number of nitrogens with one attached hydrogen (secondary N) is 1. The third-order valence-electron chi connectivity index (χ3n) is 4.12. The second-order valence-electron chi connectivity index (χ2n) is 6.07. The molecule has 1 N–H and O–H groups in total. The summed E-state index contributed by atoms with van der Waals surface area (Å²) >= 11 is 0. The van der Waals surface area contributed by atoms with Crippen molar-refractivity contribution in [3.63, 3.8) is 0 Å². The maximum Gasteiger partial charge on any atom is 0.501 e. The summed E-state index contributed by atoms with van der Waals surface area (Å²) in [7, 11) is -5.77. The molecular formula is C18H14F5N3O2S. The molecule has 0 spiro atoms. The zero-order valence-electron chi connectivity index (χ0n) is 14.8. The number of aryl methyl sites for hydroxylation is 1. The zero-order chi connectivity index (χ0) is 21.4. The van der Waals surface area contributed by atoms with E-state index in [0.717, 1.165) is 18.2 Å². The van der Waals surface area contributed by atoms with Crippen LogP contribution in [0.4, 0.5) is 27.6 Å². The lowest BCUT2D eigenvalue weighted by atomic mass is 10.2. The fourth-order valence-electron chi connectivity index (χ4n) is 2.67. The second kappa shape index (κ2) is 7.47. The number of aromatic nitrogens is 2. The van der Waals surface area contributed by atoms with Gasteiger partial charge in [-0.3, -0.25) is 0 Å². The van der Waals surface area contributed by atoms with Crippen LogP contribution in [0.25, 0.3) is 5.69 Å². The Hall–Kier alpha value is -2.95. The smallest absolute Gasteiger partial charge is 0.380 e. The number of anilines is 1. The number of hydrogen-bond acceptors (Lipinski definition) is 4. The highest BCUT2D eigenvalue weighted by Gasteiger charge is 2.48. The molecular weight excluding hydrogens is 417 g/mol. The van der Waals surface area contributed by atoms with Gasteiger partial charge >= 0.3 is 5.51 Å². The molecule has 1 heterocycles. The quantitative estimate of drug-likeness (QED) is 0.610. The minimum Gasteiger partial charge on any atom is -0.380 e. The minimum absolute atomic E-state index is 0.188. The fourth-order valence-corrected chi connectivity index (χ4v) is 3.62. The van der Waals surface area contributed by atoms with Crippen LogP contribution < -0.4 is 5.32 Å². The van der Waals surface area contributed by atoms with Crippen molar-refractivity contribution in [2.24, 2.45) is 0 Å². The Morgan fingerprint density at radius 2 is 1.83 bits per heavy atom. The van der Waals surface area contributed by atoms with E-state index in [1.54, 1.807) is 13.1 Å². The van der Waals surface area contributed by atoms with Crippen LogP contribution in [0.1, 0.15) is 11.4 Å². The van der Waals surface area contributed by atoms with Crippen LogP contribution in [0.3, 0.4) is 0 Å². The molecule has 0 atom stereocenters. The van der Waals surface area contributed by atoms with E-state index < -0.39 is 37.6 Å². The summed E-state index contributed by atoms with van der Waals surface area (Å²) in [6.07, 6.45) is 3.07. The molecule has 154 valence electrons. The number of imidazole rings is 1. The highest BCUT2D eigenvalue weighted by Crippen LogP contribution is 2.35. The Labute approximate surface area is 162 Å². The van der Waals surface area contributed by atoms with Crippen molar-refractivity contribution in [1.82, 2.24) is 9.55 Å². The van der Waals surface area contributed by atoms with Crippen LogP contribution in [0.2, 0.25) is 0 Å². The molecule has 0 unspecified atom stereocenters. The van der Waals surface area contributed by atoms with Crippen molar-refractivity contribution in [1.29, 1.82) is 0 Å². The van der Waals surface area contributed by atoms with E-state index >= 15 is 0 Å². The maximum atomic E-state index is 14.4. The number of sulfone groups is 1. The summed E-state index contributed by atoms with van der Waals surface area (Å²) in [6, 6.07) is 6.13. The molecule has 0 aliphatic rings. The van der Waals surface area contributed by atoms with Gasteiger partial charge in [-0.15, -0.1) is 0 Å². The first-order chi connectivity index (χ1) is 13.5. The fraction of sp³-hybridized carbons (Fsp3) is 0.167. The average Bonchev–Trinajstić information content (AvgIpc) is 3.05. The molecule has 0 saturated carbocycles. The Morgan fingerprint density at radius 1 is 1.10 bits per heavy atom. The molecule has 11 heteroatoms. The number of halogens is 5. The SMILES string of the molecule is Cc1nccn1-c1ccc(CNc2ccc(F)cc2S(=O)(=O)C(F)(F)F)cc1F. The Balaban J connectivity index is 1.88. The summed E-state index contributed by atoms with van der Waals surface area (Å²) in [6.45, 7) is 1.50. The molecule has 1 aromatic heterocycles. The Kier molecular flexibility index (Phi) is 5.35. The molecule has 29 heavy (non-hydrogen) atoms. The molecule has 0 fully saturated rings. The van der Waals surface area contributed by atoms with Gasteiger partial charge in [-0.2, -0.15) is 13.2 Å². The van der Waals surface area contributed by atoms with E-state index in [1.165, 1.54) is 22.9 Å². The van der Waals surface area contributed by atoms with Crippen molar-refractivity contribution in [3.05, 3.63) is 71.8 Å². The molecule has 0 aliphatic carbocycles. The zero-order valence-corrected chi connectivity index (χ0v) is 15.7. The van der Waals surface area contributed by atoms with Gasteiger partial charge in [-0.05, 0) is 42.8 Å². The van der Waals surface area contributed by atoms with Crippen molar-refractivity contribution in [3.8, 4) is 5.69 Å². The molecule has 2 aromatic carbocycles. The third-order valence-corrected chi connectivity index (χ3v) is 5.64. The van der Waals surface area contributed by atoms with E-state index in [1.807, 2.05) is 0 Å². The number of rotatable bonds is 5. The van der Waals surface area contributed by atoms with Gasteiger partial charge in [0.1, 0.15) is 22.4 Å². The van der Waals surface area contributed by atoms with Crippen LogP contribution in [0, 0.1) is 18.6 Å². The number of benzene rings is 2. The molecule has 3 aromatic rings. The van der Waals surface area contributed by atoms with Gasteiger partial charge in [0.15, 0.2) is 0 Å². The topological polar surface area (TPSA) is 64.0 Å². The average molecular weight is 431 g/mol. The van der Waals surface area contributed by atoms with Crippen LogP contribution in [0.15, 0.2) is 53.7 Å². The summed E-state index contributed by atoms with van der Waals surface area (Å²) in [5.41, 5.74) is -5.47. The second-order valence-corrected chi connectivity index (χ2v) is 7.98. The van der Waals surface area contributed by atoms with E-state index in [4.69, 9.17) is 0 Å². The molecule has 0 radical (unpaired) electrons. The molecule has 0 aliphatic heterocycles. The number of nitrogens with zero attached hydrogens (tertiary/aromatic N) is 2. The highest BCUT2D eigenvalue weighted by molar-refractivity contribution is 7.92. The predicted molar refractivity (Wildman–Crippen MR) is 95.2 cm³/mol. The summed E-state index contributed by atoms with van der Waals surface area (Å²) in [4.78, 5) is 2.76. The van der Waals surface area contributed by atoms with Crippen molar-refractivity contribution in [2.75, 3.05) is 5.32 Å². The lowest BCUT2D eigenvalue weighted by Gasteiger charge is -2.15. The first kappa shape index (κ1) is 20.8. The van der Waals surface area contributed by atoms with Crippen LogP contribution >= 0.6 is 0 Å². The summed E-state index contributed by atoms with van der Waals surface area (Å²) in [5.74, 6) is -1.18. The molecule has 3 rings (SSSR count). The van der Waals surface area contributed by atoms with Gasteiger partial charge in [0, 0.05) is 18.9 Å². The van der Waals surface area contributed by atoms with Gasteiger partial charge in [-0.25, -0.2) is 22.2 Å². The van der Waals surface area contributed by atoms with Crippen molar-refractivity contribution >= 4 is 15.5 Å². The Bertz CT molecular complexity index is 1160. The third kappa shape index (κ3) is 4.09. The van der Waals surface area contributed by atoms with E-state index in [9.17, 15) is 30.4 Å².